The molecule has 0 saturated carbocycles. The zero-order chi connectivity index (χ0) is 13.0. The van der Waals surface area contributed by atoms with E-state index < -0.39 is 6.10 Å². The first-order chi connectivity index (χ1) is 8.65. The first-order valence-corrected chi connectivity index (χ1v) is 6.44. The number of nitrogens with zero attached hydrogens (tertiary/aromatic N) is 3. The molecule has 6 heteroatoms. The minimum absolute atomic E-state index is 0.484. The van der Waals surface area contributed by atoms with Crippen molar-refractivity contribution in [2.24, 2.45) is 7.05 Å². The first kappa shape index (κ1) is 13.2. The molecule has 0 aliphatic carbocycles. The van der Waals surface area contributed by atoms with Gasteiger partial charge in [0.05, 0.1) is 18.0 Å². The summed E-state index contributed by atoms with van der Waals surface area (Å²) in [6.07, 6.45) is 1.19. The van der Waals surface area contributed by atoms with Gasteiger partial charge in [0.15, 0.2) is 0 Å². The number of aliphatic hydroxyl groups is 1. The van der Waals surface area contributed by atoms with E-state index in [0.29, 0.717) is 13.1 Å². The predicted molar refractivity (Wildman–Crippen MR) is 71.8 cm³/mol. The molecule has 0 bridgehead atoms. The van der Waals surface area contributed by atoms with Crippen LogP contribution in [0.25, 0.3) is 0 Å². The molecule has 2 N–H and O–H groups in total. The molecule has 0 aliphatic heterocycles. The van der Waals surface area contributed by atoms with Gasteiger partial charge in [-0.15, -0.1) is 0 Å². The number of benzene rings is 1. The Balaban J connectivity index is 1.81. The molecule has 0 saturated heterocycles. The number of halogens is 1. The molecular formula is C12H15BrN4O. The van der Waals surface area contributed by atoms with Crippen LogP contribution in [0.5, 0.6) is 0 Å². The van der Waals surface area contributed by atoms with Crippen LogP contribution in [0.1, 0.15) is 17.4 Å². The third-order valence-electron chi connectivity index (χ3n) is 2.55. The molecule has 96 valence electrons. The highest BCUT2D eigenvalue weighted by molar-refractivity contribution is 9.10. The summed E-state index contributed by atoms with van der Waals surface area (Å²) < 4.78 is 1.01. The van der Waals surface area contributed by atoms with Gasteiger partial charge in [0.2, 0.25) is 0 Å². The number of aliphatic hydroxyl groups excluding tert-OH is 1. The standard InChI is InChI=1S/C12H15BrN4O/c1-17-15-7-11(16-17)6-14-8-12(18)9-2-4-10(13)5-3-9/h2-5,7,12,14,18H,6,8H2,1H3/t12-/m0/s1. The van der Waals surface area contributed by atoms with Crippen molar-refractivity contribution >= 4 is 15.9 Å². The van der Waals surface area contributed by atoms with Crippen molar-refractivity contribution in [1.82, 2.24) is 20.3 Å². The maximum Gasteiger partial charge on any atom is 0.0964 e. The highest BCUT2D eigenvalue weighted by Crippen LogP contribution is 2.16. The monoisotopic (exact) mass is 310 g/mol. The molecule has 0 spiro atoms. The molecule has 0 unspecified atom stereocenters. The van der Waals surface area contributed by atoms with Crippen LogP contribution in [0.15, 0.2) is 34.9 Å². The molecule has 0 radical (unpaired) electrons. The lowest BCUT2D eigenvalue weighted by atomic mass is 10.1. The van der Waals surface area contributed by atoms with Gasteiger partial charge in [0.25, 0.3) is 0 Å². The van der Waals surface area contributed by atoms with Crippen LogP contribution in [0.3, 0.4) is 0 Å². The minimum atomic E-state index is -0.519. The fourth-order valence-electron chi connectivity index (χ4n) is 1.61. The summed E-state index contributed by atoms with van der Waals surface area (Å²) in [4.78, 5) is 1.52. The van der Waals surface area contributed by atoms with E-state index in [1.165, 1.54) is 4.80 Å². The maximum atomic E-state index is 9.98. The van der Waals surface area contributed by atoms with Crippen LogP contribution >= 0.6 is 15.9 Å². The lowest BCUT2D eigenvalue weighted by molar-refractivity contribution is 0.174. The normalized spacial score (nSPS) is 12.6. The van der Waals surface area contributed by atoms with Gasteiger partial charge < -0.3 is 10.4 Å². The number of hydrogen-bond donors (Lipinski definition) is 2. The van der Waals surface area contributed by atoms with E-state index in [4.69, 9.17) is 0 Å². The van der Waals surface area contributed by atoms with Crippen molar-refractivity contribution in [3.05, 3.63) is 46.2 Å². The largest absolute Gasteiger partial charge is 0.387 e. The Morgan fingerprint density at radius 1 is 1.39 bits per heavy atom. The average Bonchev–Trinajstić information content (AvgIpc) is 2.76. The Morgan fingerprint density at radius 3 is 2.72 bits per heavy atom. The van der Waals surface area contributed by atoms with E-state index in [2.05, 4.69) is 31.4 Å². The van der Waals surface area contributed by atoms with E-state index >= 15 is 0 Å². The minimum Gasteiger partial charge on any atom is -0.387 e. The summed E-state index contributed by atoms with van der Waals surface area (Å²) in [5.74, 6) is 0. The third-order valence-corrected chi connectivity index (χ3v) is 3.07. The van der Waals surface area contributed by atoms with Crippen molar-refractivity contribution in [3.63, 3.8) is 0 Å². The zero-order valence-electron chi connectivity index (χ0n) is 10.0. The Kier molecular flexibility index (Phi) is 4.46. The van der Waals surface area contributed by atoms with Crippen molar-refractivity contribution in [1.29, 1.82) is 0 Å². The molecule has 2 rings (SSSR count). The molecule has 18 heavy (non-hydrogen) atoms. The molecule has 0 amide bonds. The Labute approximate surface area is 114 Å². The molecule has 1 heterocycles. The van der Waals surface area contributed by atoms with Crippen LogP contribution in [-0.4, -0.2) is 26.6 Å². The van der Waals surface area contributed by atoms with Crippen LogP contribution in [0, 0.1) is 0 Å². The number of aromatic nitrogens is 3. The summed E-state index contributed by atoms with van der Waals surface area (Å²) in [6, 6.07) is 7.64. The third kappa shape index (κ3) is 3.63. The van der Waals surface area contributed by atoms with Crippen molar-refractivity contribution in [2.45, 2.75) is 12.6 Å². The van der Waals surface area contributed by atoms with Gasteiger partial charge in [0.1, 0.15) is 0 Å². The number of nitrogens with one attached hydrogen (secondary N) is 1. The lowest BCUT2D eigenvalue weighted by Crippen LogP contribution is -2.21. The number of rotatable bonds is 5. The summed E-state index contributed by atoms with van der Waals surface area (Å²) in [5, 5.41) is 21.3. The molecule has 0 aliphatic rings. The summed E-state index contributed by atoms with van der Waals surface area (Å²) >= 11 is 3.37. The summed E-state index contributed by atoms with van der Waals surface area (Å²) in [6.45, 7) is 1.08. The van der Waals surface area contributed by atoms with E-state index in [0.717, 1.165) is 15.7 Å². The van der Waals surface area contributed by atoms with Gasteiger partial charge >= 0.3 is 0 Å². The summed E-state index contributed by atoms with van der Waals surface area (Å²) in [5.41, 5.74) is 1.75. The Morgan fingerprint density at radius 2 is 2.11 bits per heavy atom. The SMILES string of the molecule is Cn1ncc(CNC[C@H](O)c2ccc(Br)cc2)n1. The highest BCUT2D eigenvalue weighted by atomic mass is 79.9. The quantitative estimate of drug-likeness (QED) is 0.876. The van der Waals surface area contributed by atoms with E-state index in [-0.39, 0.29) is 0 Å². The second-order valence-electron chi connectivity index (χ2n) is 4.02. The van der Waals surface area contributed by atoms with Gasteiger partial charge in [-0.3, -0.25) is 0 Å². The Hall–Kier alpha value is -1.24. The molecule has 1 atom stereocenters. The second kappa shape index (κ2) is 6.08. The maximum absolute atomic E-state index is 9.98. The zero-order valence-corrected chi connectivity index (χ0v) is 11.6. The fraction of sp³-hybridized carbons (Fsp3) is 0.333. The fourth-order valence-corrected chi connectivity index (χ4v) is 1.87. The van der Waals surface area contributed by atoms with Crippen molar-refractivity contribution in [3.8, 4) is 0 Å². The van der Waals surface area contributed by atoms with Gasteiger partial charge in [-0.1, -0.05) is 28.1 Å². The van der Waals surface area contributed by atoms with Crippen molar-refractivity contribution in [2.75, 3.05) is 6.54 Å². The van der Waals surface area contributed by atoms with Crippen LogP contribution in [0.2, 0.25) is 0 Å². The molecule has 2 aromatic rings. The molecule has 1 aromatic carbocycles. The average molecular weight is 311 g/mol. The molecule has 0 fully saturated rings. The van der Waals surface area contributed by atoms with Gasteiger partial charge in [-0.25, -0.2) is 0 Å². The van der Waals surface area contributed by atoms with Crippen LogP contribution < -0.4 is 5.32 Å². The van der Waals surface area contributed by atoms with E-state index in [1.54, 1.807) is 13.2 Å². The summed E-state index contributed by atoms with van der Waals surface area (Å²) in [7, 11) is 1.78. The van der Waals surface area contributed by atoms with Gasteiger partial charge in [-0.05, 0) is 17.7 Å². The smallest absolute Gasteiger partial charge is 0.0964 e. The molecule has 5 nitrogen and oxygen atoms in total. The molecular weight excluding hydrogens is 296 g/mol. The molecule has 1 aromatic heterocycles. The topological polar surface area (TPSA) is 63.0 Å². The van der Waals surface area contributed by atoms with E-state index in [1.807, 2.05) is 24.3 Å². The lowest BCUT2D eigenvalue weighted by Gasteiger charge is -2.11. The number of aryl methyl sites for hydroxylation is 1. The second-order valence-corrected chi connectivity index (χ2v) is 4.94. The van der Waals surface area contributed by atoms with E-state index in [9.17, 15) is 5.11 Å². The van der Waals surface area contributed by atoms with Crippen LogP contribution in [0.4, 0.5) is 0 Å². The van der Waals surface area contributed by atoms with Crippen molar-refractivity contribution < 1.29 is 5.11 Å². The highest BCUT2D eigenvalue weighted by Gasteiger charge is 2.07. The van der Waals surface area contributed by atoms with Crippen LogP contribution in [-0.2, 0) is 13.6 Å². The van der Waals surface area contributed by atoms with Gasteiger partial charge in [-0.2, -0.15) is 15.0 Å². The first-order valence-electron chi connectivity index (χ1n) is 5.64. The predicted octanol–water partition coefficient (Wildman–Crippen LogP) is 1.40. The van der Waals surface area contributed by atoms with Gasteiger partial charge in [0, 0.05) is 24.6 Å². The Bertz CT molecular complexity index is 497. The number of hydrogen-bond acceptors (Lipinski definition) is 4.